The van der Waals surface area contributed by atoms with Crippen molar-refractivity contribution in [2.24, 2.45) is 0 Å². The molecule has 1 amide bonds. The van der Waals surface area contributed by atoms with E-state index in [1.54, 1.807) is 6.08 Å². The SMILES string of the molecule is CCc1ccccc1N1C(=O)/C(=C\c2ccc(C)o2)NC1=S. The van der Waals surface area contributed by atoms with Crippen molar-refractivity contribution >= 4 is 35.0 Å². The number of rotatable bonds is 3. The van der Waals surface area contributed by atoms with Gasteiger partial charge in [0.25, 0.3) is 5.91 Å². The third kappa shape index (κ3) is 2.55. The molecule has 2 heterocycles. The lowest BCUT2D eigenvalue weighted by molar-refractivity contribution is -0.113. The summed E-state index contributed by atoms with van der Waals surface area (Å²) in [4.78, 5) is 14.2. The molecule has 0 bridgehead atoms. The summed E-state index contributed by atoms with van der Waals surface area (Å²) in [6, 6.07) is 11.5. The van der Waals surface area contributed by atoms with Gasteiger partial charge in [-0.1, -0.05) is 25.1 Å². The number of amides is 1. The van der Waals surface area contributed by atoms with Crippen molar-refractivity contribution in [2.45, 2.75) is 20.3 Å². The van der Waals surface area contributed by atoms with Gasteiger partial charge in [-0.25, -0.2) is 0 Å². The predicted molar refractivity (Wildman–Crippen MR) is 90.5 cm³/mol. The van der Waals surface area contributed by atoms with Gasteiger partial charge in [0, 0.05) is 6.08 Å². The number of hydrogen-bond donors (Lipinski definition) is 1. The van der Waals surface area contributed by atoms with Gasteiger partial charge in [-0.15, -0.1) is 0 Å². The standard InChI is InChI=1S/C17H16N2O2S/c1-3-12-6-4-5-7-15(12)19-16(20)14(18-17(19)22)10-13-9-8-11(2)21-13/h4-10H,3H2,1-2H3,(H,18,22)/b14-10+. The molecule has 1 saturated heterocycles. The van der Waals surface area contributed by atoms with Crippen LogP contribution in [0.2, 0.25) is 0 Å². The Labute approximate surface area is 134 Å². The Kier molecular flexibility index (Phi) is 3.81. The summed E-state index contributed by atoms with van der Waals surface area (Å²) in [5.74, 6) is 1.26. The van der Waals surface area contributed by atoms with Gasteiger partial charge in [-0.3, -0.25) is 9.69 Å². The molecule has 2 aromatic rings. The lowest BCUT2D eigenvalue weighted by Gasteiger charge is -2.17. The minimum absolute atomic E-state index is 0.167. The normalized spacial score (nSPS) is 16.5. The number of para-hydroxylation sites is 1. The van der Waals surface area contributed by atoms with Crippen molar-refractivity contribution in [2.75, 3.05) is 4.90 Å². The van der Waals surface area contributed by atoms with Crippen LogP contribution in [0.4, 0.5) is 5.69 Å². The number of furan rings is 1. The Hall–Kier alpha value is -2.40. The zero-order chi connectivity index (χ0) is 15.7. The highest BCUT2D eigenvalue weighted by atomic mass is 32.1. The second kappa shape index (κ2) is 5.77. The molecule has 1 fully saturated rings. The lowest BCUT2D eigenvalue weighted by atomic mass is 10.1. The topological polar surface area (TPSA) is 45.5 Å². The van der Waals surface area contributed by atoms with Gasteiger partial charge in [-0.05, 0) is 49.3 Å². The zero-order valence-corrected chi connectivity index (χ0v) is 13.2. The monoisotopic (exact) mass is 312 g/mol. The molecule has 1 aromatic carbocycles. The first kappa shape index (κ1) is 14.5. The third-order valence-corrected chi connectivity index (χ3v) is 3.82. The van der Waals surface area contributed by atoms with Crippen LogP contribution in [0, 0.1) is 6.92 Å². The fourth-order valence-corrected chi connectivity index (χ4v) is 2.75. The highest BCUT2D eigenvalue weighted by molar-refractivity contribution is 7.80. The van der Waals surface area contributed by atoms with Crippen LogP contribution in [0.1, 0.15) is 24.0 Å². The van der Waals surface area contributed by atoms with Gasteiger partial charge >= 0.3 is 0 Å². The van der Waals surface area contributed by atoms with Crippen LogP contribution in [0.25, 0.3) is 6.08 Å². The molecule has 1 aliphatic rings. The summed E-state index contributed by atoms with van der Waals surface area (Å²) in [5, 5.41) is 3.36. The van der Waals surface area contributed by atoms with Crippen LogP contribution in [0.5, 0.6) is 0 Å². The van der Waals surface area contributed by atoms with E-state index in [-0.39, 0.29) is 5.91 Å². The molecule has 1 N–H and O–H groups in total. The molecule has 0 atom stereocenters. The Balaban J connectivity index is 1.97. The number of nitrogens with zero attached hydrogens (tertiary/aromatic N) is 1. The van der Waals surface area contributed by atoms with E-state index in [1.807, 2.05) is 43.3 Å². The Morgan fingerprint density at radius 2 is 2.05 bits per heavy atom. The van der Waals surface area contributed by atoms with Crippen molar-refractivity contribution < 1.29 is 9.21 Å². The fourth-order valence-electron chi connectivity index (χ4n) is 2.46. The van der Waals surface area contributed by atoms with Crippen LogP contribution < -0.4 is 10.2 Å². The minimum Gasteiger partial charge on any atom is -0.462 e. The van der Waals surface area contributed by atoms with Crippen molar-refractivity contribution in [3.05, 3.63) is 59.2 Å². The third-order valence-electron chi connectivity index (χ3n) is 3.54. The molecule has 0 radical (unpaired) electrons. The molecular formula is C17H16N2O2S. The largest absolute Gasteiger partial charge is 0.462 e. The van der Waals surface area contributed by atoms with E-state index in [0.717, 1.165) is 23.4 Å². The molecule has 22 heavy (non-hydrogen) atoms. The van der Waals surface area contributed by atoms with E-state index >= 15 is 0 Å². The number of thiocarbonyl (C=S) groups is 1. The number of nitrogens with one attached hydrogen (secondary N) is 1. The van der Waals surface area contributed by atoms with Crippen LogP contribution in [0.3, 0.4) is 0 Å². The van der Waals surface area contributed by atoms with E-state index in [9.17, 15) is 4.79 Å². The van der Waals surface area contributed by atoms with Gasteiger partial charge in [0.1, 0.15) is 17.2 Å². The number of anilines is 1. The summed E-state index contributed by atoms with van der Waals surface area (Å²) >= 11 is 5.33. The summed E-state index contributed by atoms with van der Waals surface area (Å²) in [7, 11) is 0. The molecule has 5 heteroatoms. The minimum atomic E-state index is -0.167. The highest BCUT2D eigenvalue weighted by Crippen LogP contribution is 2.26. The van der Waals surface area contributed by atoms with Gasteiger partial charge in [-0.2, -0.15) is 0 Å². The van der Waals surface area contributed by atoms with Crippen molar-refractivity contribution in [1.82, 2.24) is 5.32 Å². The summed E-state index contributed by atoms with van der Waals surface area (Å²) in [6.45, 7) is 3.92. The number of benzene rings is 1. The van der Waals surface area contributed by atoms with E-state index in [0.29, 0.717) is 16.6 Å². The van der Waals surface area contributed by atoms with E-state index < -0.39 is 0 Å². The number of carbonyl (C=O) groups excluding carboxylic acids is 1. The lowest BCUT2D eigenvalue weighted by Crippen LogP contribution is -2.31. The molecule has 0 saturated carbocycles. The maximum atomic E-state index is 12.7. The number of carbonyl (C=O) groups is 1. The van der Waals surface area contributed by atoms with Crippen molar-refractivity contribution in [1.29, 1.82) is 0 Å². The molecule has 3 rings (SSSR count). The van der Waals surface area contributed by atoms with Crippen LogP contribution in [0.15, 0.2) is 46.5 Å². The van der Waals surface area contributed by atoms with E-state index in [2.05, 4.69) is 12.2 Å². The molecule has 1 aromatic heterocycles. The fraction of sp³-hybridized carbons (Fsp3) is 0.176. The van der Waals surface area contributed by atoms with Crippen molar-refractivity contribution in [3.8, 4) is 0 Å². The molecule has 0 aliphatic carbocycles. The molecule has 1 aliphatic heterocycles. The Morgan fingerprint density at radius 3 is 2.73 bits per heavy atom. The van der Waals surface area contributed by atoms with Gasteiger partial charge < -0.3 is 9.73 Å². The van der Waals surface area contributed by atoms with E-state index in [1.165, 1.54) is 4.90 Å². The molecular weight excluding hydrogens is 296 g/mol. The maximum absolute atomic E-state index is 12.7. The first-order valence-electron chi connectivity index (χ1n) is 7.11. The molecule has 0 unspecified atom stereocenters. The average Bonchev–Trinajstić information content (AvgIpc) is 3.03. The quantitative estimate of drug-likeness (QED) is 0.697. The maximum Gasteiger partial charge on any atom is 0.281 e. The summed E-state index contributed by atoms with van der Waals surface area (Å²) < 4.78 is 5.48. The second-order valence-electron chi connectivity index (χ2n) is 5.06. The van der Waals surface area contributed by atoms with Gasteiger partial charge in [0.05, 0.1) is 5.69 Å². The summed E-state index contributed by atoms with van der Waals surface area (Å²) in [6.07, 6.45) is 2.51. The molecule has 112 valence electrons. The van der Waals surface area contributed by atoms with Crippen LogP contribution >= 0.6 is 12.2 Å². The number of aryl methyl sites for hydroxylation is 2. The summed E-state index contributed by atoms with van der Waals surface area (Å²) in [5.41, 5.74) is 2.33. The Morgan fingerprint density at radius 1 is 1.27 bits per heavy atom. The molecule has 0 spiro atoms. The van der Waals surface area contributed by atoms with Gasteiger partial charge in [0.2, 0.25) is 0 Å². The second-order valence-corrected chi connectivity index (χ2v) is 5.45. The molecule has 4 nitrogen and oxygen atoms in total. The van der Waals surface area contributed by atoms with Crippen LogP contribution in [-0.2, 0) is 11.2 Å². The zero-order valence-electron chi connectivity index (χ0n) is 12.4. The predicted octanol–water partition coefficient (Wildman–Crippen LogP) is 3.41. The smallest absolute Gasteiger partial charge is 0.281 e. The highest BCUT2D eigenvalue weighted by Gasteiger charge is 2.33. The number of hydrogen-bond acceptors (Lipinski definition) is 3. The first-order valence-corrected chi connectivity index (χ1v) is 7.52. The van der Waals surface area contributed by atoms with Crippen molar-refractivity contribution in [3.63, 3.8) is 0 Å². The van der Waals surface area contributed by atoms with Gasteiger partial charge in [0.15, 0.2) is 5.11 Å². The first-order chi connectivity index (χ1) is 10.6. The van der Waals surface area contributed by atoms with Crippen LogP contribution in [-0.4, -0.2) is 11.0 Å². The average molecular weight is 312 g/mol. The Bertz CT molecular complexity index is 776. The van der Waals surface area contributed by atoms with E-state index in [4.69, 9.17) is 16.6 Å².